The number of amides is 1. The molecule has 0 atom stereocenters. The average molecular weight is 478 g/mol. The molecule has 0 heterocycles. The Morgan fingerprint density at radius 2 is 1.61 bits per heavy atom. The van der Waals surface area contributed by atoms with Gasteiger partial charge in [-0.15, -0.1) is 0 Å². The first-order chi connectivity index (χ1) is 15.4. The van der Waals surface area contributed by atoms with E-state index in [9.17, 15) is 36.3 Å². The predicted molar refractivity (Wildman–Crippen MR) is 115 cm³/mol. The lowest BCUT2D eigenvalue weighted by atomic mass is 10.1. The highest BCUT2D eigenvalue weighted by Crippen LogP contribution is 2.32. The fraction of sp³-hybridized carbons (Fsp3) is 0.0909. The van der Waals surface area contributed by atoms with Crippen molar-refractivity contribution in [2.75, 3.05) is 10.0 Å². The molecule has 11 heteroatoms. The fourth-order valence-electron chi connectivity index (χ4n) is 2.89. The number of hydrogen-bond acceptors (Lipinski definition) is 4. The molecular formula is C22H17F3N2O5S. The second-order valence-electron chi connectivity index (χ2n) is 6.97. The van der Waals surface area contributed by atoms with E-state index >= 15 is 0 Å². The minimum absolute atomic E-state index is 0.0148. The molecule has 7 nitrogen and oxygen atoms in total. The molecule has 3 rings (SSSR count). The van der Waals surface area contributed by atoms with E-state index in [0.29, 0.717) is 6.07 Å². The Balaban J connectivity index is 1.89. The number of aryl methyl sites for hydroxylation is 1. The Kier molecular flexibility index (Phi) is 6.45. The minimum Gasteiger partial charge on any atom is -0.478 e. The zero-order chi connectivity index (χ0) is 24.4. The zero-order valence-corrected chi connectivity index (χ0v) is 17.8. The van der Waals surface area contributed by atoms with Gasteiger partial charge in [0.15, 0.2) is 0 Å². The summed E-state index contributed by atoms with van der Waals surface area (Å²) in [4.78, 5) is 23.5. The Labute approximate surface area is 186 Å². The van der Waals surface area contributed by atoms with Gasteiger partial charge in [-0.1, -0.05) is 24.3 Å². The highest BCUT2D eigenvalue weighted by Gasteiger charge is 2.31. The van der Waals surface area contributed by atoms with Crippen LogP contribution >= 0.6 is 0 Å². The molecule has 0 aliphatic heterocycles. The van der Waals surface area contributed by atoms with Crippen LogP contribution in [0.3, 0.4) is 0 Å². The molecular weight excluding hydrogens is 461 g/mol. The van der Waals surface area contributed by atoms with E-state index in [2.05, 4.69) is 10.0 Å². The molecule has 0 bridgehead atoms. The monoisotopic (exact) mass is 478 g/mol. The summed E-state index contributed by atoms with van der Waals surface area (Å²) in [6, 6.07) is 13.1. The van der Waals surface area contributed by atoms with E-state index < -0.39 is 33.6 Å². The van der Waals surface area contributed by atoms with Crippen molar-refractivity contribution in [2.24, 2.45) is 0 Å². The highest BCUT2D eigenvalue weighted by molar-refractivity contribution is 7.92. The van der Waals surface area contributed by atoms with Crippen LogP contribution < -0.4 is 10.0 Å². The normalized spacial score (nSPS) is 11.6. The van der Waals surface area contributed by atoms with Gasteiger partial charge < -0.3 is 10.4 Å². The highest BCUT2D eigenvalue weighted by atomic mass is 32.2. The fourth-order valence-corrected chi connectivity index (χ4v) is 4.06. The SMILES string of the molecule is Cc1ccc(C(F)(F)F)cc1NS(=O)(=O)c1cccc(C(=O)Nc2ccccc2C(=O)O)c1. The Morgan fingerprint density at radius 3 is 2.27 bits per heavy atom. The molecule has 0 radical (unpaired) electrons. The van der Waals surface area contributed by atoms with Crippen LogP contribution in [0.25, 0.3) is 0 Å². The standard InChI is InChI=1S/C22H17F3N2O5S/c1-13-9-10-15(22(23,24)25)12-19(13)27-33(31,32)16-6-4-5-14(11-16)20(28)26-18-8-3-2-7-17(18)21(29)30/h2-12,27H,1H3,(H,26,28)(H,29,30). The lowest BCUT2D eigenvalue weighted by molar-refractivity contribution is -0.137. The minimum atomic E-state index is -4.65. The first-order valence-corrected chi connectivity index (χ1v) is 10.8. The molecule has 0 aliphatic rings. The number of alkyl halides is 3. The molecule has 33 heavy (non-hydrogen) atoms. The van der Waals surface area contributed by atoms with Gasteiger partial charge in [0.1, 0.15) is 0 Å². The average Bonchev–Trinajstić information content (AvgIpc) is 2.74. The number of para-hydroxylation sites is 1. The van der Waals surface area contributed by atoms with Gasteiger partial charge in [0.25, 0.3) is 15.9 Å². The predicted octanol–water partition coefficient (Wildman–Crippen LogP) is 4.77. The number of sulfonamides is 1. The van der Waals surface area contributed by atoms with Crippen LogP contribution in [0.2, 0.25) is 0 Å². The number of rotatable bonds is 6. The van der Waals surface area contributed by atoms with Crippen molar-refractivity contribution >= 4 is 33.3 Å². The van der Waals surface area contributed by atoms with Gasteiger partial charge in [-0.3, -0.25) is 9.52 Å². The van der Waals surface area contributed by atoms with Crippen LogP contribution in [0.15, 0.2) is 71.6 Å². The number of aromatic carboxylic acids is 1. The smallest absolute Gasteiger partial charge is 0.416 e. The van der Waals surface area contributed by atoms with Crippen LogP contribution in [0.1, 0.15) is 31.8 Å². The summed E-state index contributed by atoms with van der Waals surface area (Å²) < 4.78 is 66.7. The maximum Gasteiger partial charge on any atom is 0.416 e. The molecule has 1 amide bonds. The lowest BCUT2D eigenvalue weighted by Gasteiger charge is -2.14. The number of benzene rings is 3. The number of nitrogens with one attached hydrogen (secondary N) is 2. The largest absolute Gasteiger partial charge is 0.478 e. The second kappa shape index (κ2) is 8.94. The van der Waals surface area contributed by atoms with Crippen molar-refractivity contribution in [1.82, 2.24) is 0 Å². The third-order valence-electron chi connectivity index (χ3n) is 4.62. The van der Waals surface area contributed by atoms with Gasteiger partial charge in [0.2, 0.25) is 0 Å². The van der Waals surface area contributed by atoms with E-state index in [1.807, 2.05) is 0 Å². The first kappa shape index (κ1) is 23.8. The lowest BCUT2D eigenvalue weighted by Crippen LogP contribution is -2.17. The number of carbonyl (C=O) groups excluding carboxylic acids is 1. The topological polar surface area (TPSA) is 113 Å². The molecule has 0 aromatic heterocycles. The van der Waals surface area contributed by atoms with Crippen molar-refractivity contribution in [3.05, 3.63) is 89.0 Å². The summed E-state index contributed by atoms with van der Waals surface area (Å²) in [7, 11) is -4.34. The molecule has 0 fully saturated rings. The van der Waals surface area contributed by atoms with Gasteiger partial charge in [-0.2, -0.15) is 13.2 Å². The maximum atomic E-state index is 13.0. The van der Waals surface area contributed by atoms with E-state index in [4.69, 9.17) is 0 Å². The summed E-state index contributed by atoms with van der Waals surface area (Å²) in [6.07, 6.45) is -4.65. The number of carbonyl (C=O) groups is 2. The summed E-state index contributed by atoms with van der Waals surface area (Å²) in [5, 5.41) is 11.6. The molecule has 0 spiro atoms. The third kappa shape index (κ3) is 5.50. The van der Waals surface area contributed by atoms with Gasteiger partial charge in [-0.05, 0) is 55.0 Å². The summed E-state index contributed by atoms with van der Waals surface area (Å²) in [6.45, 7) is 1.45. The number of carboxylic acids is 1. The summed E-state index contributed by atoms with van der Waals surface area (Å²) in [5.74, 6) is -2.03. The Hall–Kier alpha value is -3.86. The van der Waals surface area contributed by atoms with Gasteiger partial charge >= 0.3 is 12.1 Å². The molecule has 0 unspecified atom stereocenters. The number of halogens is 3. The summed E-state index contributed by atoms with van der Waals surface area (Å²) >= 11 is 0. The van der Waals surface area contributed by atoms with Crippen LogP contribution in [0.5, 0.6) is 0 Å². The molecule has 0 saturated carbocycles. The van der Waals surface area contributed by atoms with E-state index in [1.165, 1.54) is 49.4 Å². The number of anilines is 2. The van der Waals surface area contributed by atoms with Crippen LogP contribution in [0, 0.1) is 6.92 Å². The van der Waals surface area contributed by atoms with E-state index in [0.717, 1.165) is 18.2 Å². The Bertz CT molecular complexity index is 1340. The van der Waals surface area contributed by atoms with Crippen molar-refractivity contribution in [2.45, 2.75) is 18.0 Å². The van der Waals surface area contributed by atoms with Crippen molar-refractivity contribution in [3.8, 4) is 0 Å². The van der Waals surface area contributed by atoms with Crippen LogP contribution in [0.4, 0.5) is 24.5 Å². The molecule has 172 valence electrons. The van der Waals surface area contributed by atoms with E-state index in [-0.39, 0.29) is 33.0 Å². The van der Waals surface area contributed by atoms with Crippen molar-refractivity contribution in [3.63, 3.8) is 0 Å². The third-order valence-corrected chi connectivity index (χ3v) is 5.98. The quantitative estimate of drug-likeness (QED) is 0.473. The van der Waals surface area contributed by atoms with Gasteiger partial charge in [-0.25, -0.2) is 13.2 Å². The molecule has 3 aromatic carbocycles. The van der Waals surface area contributed by atoms with Gasteiger partial charge in [0, 0.05) is 5.56 Å². The Morgan fingerprint density at radius 1 is 0.909 bits per heavy atom. The summed E-state index contributed by atoms with van der Waals surface area (Å²) in [5.41, 5.74) is -1.24. The molecule has 0 aliphatic carbocycles. The first-order valence-electron chi connectivity index (χ1n) is 9.33. The number of carboxylic acid groups (broad SMARTS) is 1. The number of hydrogen-bond donors (Lipinski definition) is 3. The van der Waals surface area contributed by atoms with Crippen molar-refractivity contribution in [1.29, 1.82) is 0 Å². The van der Waals surface area contributed by atoms with Crippen LogP contribution in [-0.2, 0) is 16.2 Å². The van der Waals surface area contributed by atoms with Crippen molar-refractivity contribution < 1.29 is 36.3 Å². The van der Waals surface area contributed by atoms with E-state index in [1.54, 1.807) is 0 Å². The van der Waals surface area contributed by atoms with Gasteiger partial charge in [0.05, 0.1) is 27.4 Å². The maximum absolute atomic E-state index is 13.0. The zero-order valence-electron chi connectivity index (χ0n) is 17.0. The van der Waals surface area contributed by atoms with Crippen LogP contribution in [-0.4, -0.2) is 25.4 Å². The molecule has 3 aromatic rings. The second-order valence-corrected chi connectivity index (χ2v) is 8.65. The molecule has 3 N–H and O–H groups in total. The molecule has 0 saturated heterocycles.